The molecule has 4 nitrogen and oxygen atoms in total. The number of para-hydroxylation sites is 1. The van der Waals surface area contributed by atoms with Crippen LogP contribution in [0.3, 0.4) is 0 Å². The molecule has 134 valence electrons. The van der Waals surface area contributed by atoms with E-state index in [1.165, 1.54) is 0 Å². The number of rotatable bonds is 3. The molecule has 1 aliphatic heterocycles. The van der Waals surface area contributed by atoms with Gasteiger partial charge in [0.1, 0.15) is 6.04 Å². The van der Waals surface area contributed by atoms with Crippen molar-refractivity contribution >= 4 is 23.2 Å². The van der Waals surface area contributed by atoms with E-state index in [2.05, 4.69) is 5.32 Å². The van der Waals surface area contributed by atoms with Gasteiger partial charge in [-0.15, -0.1) is 0 Å². The van der Waals surface area contributed by atoms with E-state index >= 15 is 0 Å². The topological polar surface area (TPSA) is 49.4 Å². The first-order valence-electron chi connectivity index (χ1n) is 8.97. The lowest BCUT2D eigenvalue weighted by Gasteiger charge is -2.25. The fourth-order valence-electron chi connectivity index (χ4n) is 3.52. The van der Waals surface area contributed by atoms with Gasteiger partial charge in [-0.25, -0.2) is 0 Å². The van der Waals surface area contributed by atoms with Crippen molar-refractivity contribution in [1.29, 1.82) is 0 Å². The number of hydrogen-bond acceptors (Lipinski definition) is 2. The summed E-state index contributed by atoms with van der Waals surface area (Å²) in [7, 11) is 0. The van der Waals surface area contributed by atoms with Crippen molar-refractivity contribution in [3.8, 4) is 0 Å². The second-order valence-electron chi connectivity index (χ2n) is 6.75. The quantitative estimate of drug-likeness (QED) is 0.764. The maximum absolute atomic E-state index is 13.2. The predicted molar refractivity (Wildman–Crippen MR) is 107 cm³/mol. The third-order valence-corrected chi connectivity index (χ3v) is 4.80. The van der Waals surface area contributed by atoms with Gasteiger partial charge in [-0.1, -0.05) is 48.5 Å². The molecule has 1 unspecified atom stereocenters. The minimum Gasteiger partial charge on any atom is -0.324 e. The molecule has 4 rings (SSSR count). The monoisotopic (exact) mass is 356 g/mol. The Hall–Kier alpha value is -3.40. The van der Waals surface area contributed by atoms with E-state index < -0.39 is 6.04 Å². The maximum Gasteiger partial charge on any atom is 0.259 e. The lowest BCUT2D eigenvalue weighted by atomic mass is 10.1. The Bertz CT molecular complexity index is 998. The Balaban J connectivity index is 1.66. The van der Waals surface area contributed by atoms with Gasteiger partial charge in [0.15, 0.2) is 0 Å². The molecule has 0 aromatic heterocycles. The van der Waals surface area contributed by atoms with Crippen LogP contribution >= 0.6 is 0 Å². The average molecular weight is 356 g/mol. The SMILES string of the molecule is Cc1cccc(NC(=O)C2Cc3ccccc3N2C(=O)c2ccccc2)c1. The van der Waals surface area contributed by atoms with Gasteiger partial charge in [0.25, 0.3) is 5.91 Å². The van der Waals surface area contributed by atoms with Crippen LogP contribution in [0.25, 0.3) is 0 Å². The molecular formula is C23H20N2O2. The van der Waals surface area contributed by atoms with Crippen molar-refractivity contribution in [2.75, 3.05) is 10.2 Å². The first-order chi connectivity index (χ1) is 13.1. The summed E-state index contributed by atoms with van der Waals surface area (Å²) in [4.78, 5) is 27.8. The average Bonchev–Trinajstić information content (AvgIpc) is 3.08. The summed E-state index contributed by atoms with van der Waals surface area (Å²) in [6.45, 7) is 1.98. The minimum absolute atomic E-state index is 0.162. The van der Waals surface area contributed by atoms with E-state index in [0.29, 0.717) is 12.0 Å². The van der Waals surface area contributed by atoms with E-state index in [9.17, 15) is 9.59 Å². The van der Waals surface area contributed by atoms with E-state index in [-0.39, 0.29) is 11.8 Å². The number of benzene rings is 3. The molecule has 0 aliphatic carbocycles. The molecule has 1 N–H and O–H groups in total. The van der Waals surface area contributed by atoms with E-state index in [1.807, 2.05) is 73.7 Å². The van der Waals surface area contributed by atoms with Crippen molar-refractivity contribution in [2.45, 2.75) is 19.4 Å². The molecule has 1 atom stereocenters. The molecule has 0 spiro atoms. The van der Waals surface area contributed by atoms with Gasteiger partial charge in [-0.05, 0) is 48.4 Å². The van der Waals surface area contributed by atoms with Crippen molar-refractivity contribution in [1.82, 2.24) is 0 Å². The molecule has 3 aromatic rings. The molecule has 3 aromatic carbocycles. The second-order valence-corrected chi connectivity index (χ2v) is 6.75. The van der Waals surface area contributed by atoms with E-state index in [0.717, 1.165) is 22.5 Å². The smallest absolute Gasteiger partial charge is 0.259 e. The van der Waals surface area contributed by atoms with Gasteiger partial charge in [0.2, 0.25) is 5.91 Å². The highest BCUT2D eigenvalue weighted by molar-refractivity contribution is 6.13. The summed E-state index contributed by atoms with van der Waals surface area (Å²) in [5, 5.41) is 2.96. The highest BCUT2D eigenvalue weighted by atomic mass is 16.2. The Labute approximate surface area is 158 Å². The van der Waals surface area contributed by atoms with Gasteiger partial charge in [0.05, 0.1) is 0 Å². The van der Waals surface area contributed by atoms with Crippen molar-refractivity contribution in [3.05, 3.63) is 95.6 Å². The van der Waals surface area contributed by atoms with Gasteiger partial charge < -0.3 is 5.32 Å². The molecular weight excluding hydrogens is 336 g/mol. The number of carbonyl (C=O) groups is 2. The van der Waals surface area contributed by atoms with Crippen molar-refractivity contribution in [3.63, 3.8) is 0 Å². The standard InChI is InChI=1S/C23H20N2O2/c1-16-8-7-12-19(14-16)24-22(26)21-15-18-11-5-6-13-20(18)25(21)23(27)17-9-3-2-4-10-17/h2-14,21H,15H2,1H3,(H,24,26). The summed E-state index contributed by atoms with van der Waals surface area (Å²) in [6.07, 6.45) is 0.506. The summed E-state index contributed by atoms with van der Waals surface area (Å²) in [5.41, 5.74) is 4.19. The Morgan fingerprint density at radius 3 is 2.44 bits per heavy atom. The predicted octanol–water partition coefficient (Wildman–Crippen LogP) is 4.21. The zero-order valence-corrected chi connectivity index (χ0v) is 15.1. The molecule has 1 heterocycles. The molecule has 27 heavy (non-hydrogen) atoms. The number of nitrogens with zero attached hydrogens (tertiary/aromatic N) is 1. The molecule has 2 amide bonds. The zero-order chi connectivity index (χ0) is 18.8. The largest absolute Gasteiger partial charge is 0.324 e. The number of nitrogens with one attached hydrogen (secondary N) is 1. The van der Waals surface area contributed by atoms with Crippen molar-refractivity contribution < 1.29 is 9.59 Å². The minimum atomic E-state index is -0.574. The van der Waals surface area contributed by atoms with Crippen LogP contribution in [0.15, 0.2) is 78.9 Å². The fourth-order valence-corrected chi connectivity index (χ4v) is 3.52. The van der Waals surface area contributed by atoms with Crippen LogP contribution in [0.1, 0.15) is 21.5 Å². The van der Waals surface area contributed by atoms with Crippen LogP contribution in [0.4, 0.5) is 11.4 Å². The number of anilines is 2. The summed E-state index contributed by atoms with van der Waals surface area (Å²) in [5.74, 6) is -0.342. The third-order valence-electron chi connectivity index (χ3n) is 4.80. The maximum atomic E-state index is 13.2. The first kappa shape index (κ1) is 17.0. The molecule has 0 bridgehead atoms. The molecule has 0 radical (unpaired) electrons. The Morgan fingerprint density at radius 2 is 1.67 bits per heavy atom. The molecule has 4 heteroatoms. The van der Waals surface area contributed by atoms with Crippen molar-refractivity contribution in [2.24, 2.45) is 0 Å². The molecule has 1 aliphatic rings. The van der Waals surface area contributed by atoms with Gasteiger partial charge in [-0.2, -0.15) is 0 Å². The molecule has 0 saturated heterocycles. The lowest BCUT2D eigenvalue weighted by molar-refractivity contribution is -0.117. The van der Waals surface area contributed by atoms with Gasteiger partial charge in [0, 0.05) is 23.4 Å². The highest BCUT2D eigenvalue weighted by Gasteiger charge is 2.38. The summed E-state index contributed by atoms with van der Waals surface area (Å²) < 4.78 is 0. The van der Waals surface area contributed by atoms with Gasteiger partial charge >= 0.3 is 0 Å². The summed E-state index contributed by atoms with van der Waals surface area (Å²) >= 11 is 0. The summed E-state index contributed by atoms with van der Waals surface area (Å²) in [6, 6.07) is 23.9. The van der Waals surface area contributed by atoms with Crippen LogP contribution in [0, 0.1) is 6.92 Å². The van der Waals surface area contributed by atoms with Crippen LogP contribution in [0.5, 0.6) is 0 Å². The van der Waals surface area contributed by atoms with E-state index in [4.69, 9.17) is 0 Å². The first-order valence-corrected chi connectivity index (χ1v) is 8.97. The van der Waals surface area contributed by atoms with Gasteiger partial charge in [-0.3, -0.25) is 14.5 Å². The Kier molecular flexibility index (Phi) is 4.47. The zero-order valence-electron chi connectivity index (χ0n) is 15.1. The van der Waals surface area contributed by atoms with E-state index in [1.54, 1.807) is 17.0 Å². The van der Waals surface area contributed by atoms with Crippen LogP contribution in [-0.2, 0) is 11.2 Å². The fraction of sp³-hybridized carbons (Fsp3) is 0.130. The normalized spacial score (nSPS) is 15.3. The number of carbonyl (C=O) groups excluding carboxylic acids is 2. The van der Waals surface area contributed by atoms with Crippen LogP contribution < -0.4 is 10.2 Å². The van der Waals surface area contributed by atoms with Crippen LogP contribution in [-0.4, -0.2) is 17.9 Å². The molecule has 0 saturated carbocycles. The Morgan fingerprint density at radius 1 is 0.926 bits per heavy atom. The second kappa shape index (κ2) is 7.08. The number of fused-ring (bicyclic) bond motifs is 1. The highest BCUT2D eigenvalue weighted by Crippen LogP contribution is 2.34. The van der Waals surface area contributed by atoms with Crippen LogP contribution in [0.2, 0.25) is 0 Å². The number of aryl methyl sites for hydroxylation is 1. The third kappa shape index (κ3) is 3.34. The lowest BCUT2D eigenvalue weighted by Crippen LogP contribution is -2.45. The molecule has 0 fully saturated rings. The number of hydrogen-bond donors (Lipinski definition) is 1. The number of amides is 2.